The summed E-state index contributed by atoms with van der Waals surface area (Å²) in [7, 11) is 2.17. The van der Waals surface area contributed by atoms with Crippen molar-refractivity contribution in [3.8, 4) is 22.4 Å². The number of imide groups is 1. The van der Waals surface area contributed by atoms with E-state index in [1.54, 1.807) is 4.90 Å². The maximum absolute atomic E-state index is 13.2. The fourth-order valence-electron chi connectivity index (χ4n) is 8.90. The standard InChI is InChI=1S/C48H51N9O5/c1-28-22-32(7-8-33(28)25-49-44(60)45-51-47(54-62-45)48(2,3)4)42-38-24-31(11-15-39(38)52-53-42)30-9-12-36(13-10-30)56-20-18-35(19-21-56)55(5)26-29-6-14-37-34(23-29)27-57(46(37)61)40-16-17-41(58)50-43(40)59/h6-15,22-24,35,40H,16-21,25-27H2,1-5H3,(H,49,60)(H,52,53)(H,50,58,59). The molecule has 62 heavy (non-hydrogen) atoms. The van der Waals surface area contributed by atoms with Crippen LogP contribution in [0, 0.1) is 6.92 Å². The molecular weight excluding hydrogens is 783 g/mol. The minimum Gasteiger partial charge on any atom is -0.371 e. The summed E-state index contributed by atoms with van der Waals surface area (Å²) in [6.45, 7) is 11.3. The average molecular weight is 834 g/mol. The molecule has 0 radical (unpaired) electrons. The van der Waals surface area contributed by atoms with Gasteiger partial charge in [-0.2, -0.15) is 10.1 Å². The summed E-state index contributed by atoms with van der Waals surface area (Å²) >= 11 is 0. The van der Waals surface area contributed by atoms with Crippen molar-refractivity contribution in [2.75, 3.05) is 25.0 Å². The molecule has 2 fully saturated rings. The Morgan fingerprint density at radius 1 is 0.919 bits per heavy atom. The second kappa shape index (κ2) is 16.3. The SMILES string of the molecule is Cc1cc(-c2n[nH]c3ccc(-c4ccc(N5CCC(N(C)Cc6ccc7c(c6)CN(C6CCC(=O)NC6=O)C7=O)CC5)cc4)cc23)ccc1CNC(=O)c1nc(C(C)(C)C)no1. The molecule has 3 aliphatic heterocycles. The molecule has 1 unspecified atom stereocenters. The number of piperidine rings is 2. The van der Waals surface area contributed by atoms with Crippen LogP contribution in [0.5, 0.6) is 0 Å². The Morgan fingerprint density at radius 3 is 2.40 bits per heavy atom. The highest BCUT2D eigenvalue weighted by Crippen LogP contribution is 2.34. The molecule has 0 saturated carbocycles. The molecular formula is C48H51N9O5. The zero-order valence-electron chi connectivity index (χ0n) is 35.7. The molecule has 318 valence electrons. The number of H-pyrrole nitrogens is 1. The number of benzene rings is 4. The molecule has 0 aliphatic carbocycles. The van der Waals surface area contributed by atoms with Gasteiger partial charge in [0.1, 0.15) is 6.04 Å². The van der Waals surface area contributed by atoms with Crippen LogP contribution in [0.1, 0.15) is 95.6 Å². The van der Waals surface area contributed by atoms with Crippen LogP contribution in [0.4, 0.5) is 5.69 Å². The minimum absolute atomic E-state index is 0.0446. The topological polar surface area (TPSA) is 170 Å². The number of aryl methyl sites for hydroxylation is 1. The van der Waals surface area contributed by atoms with Crippen LogP contribution in [-0.2, 0) is 34.6 Å². The van der Waals surface area contributed by atoms with Crippen molar-refractivity contribution in [3.05, 3.63) is 118 Å². The van der Waals surface area contributed by atoms with Gasteiger partial charge in [-0.1, -0.05) is 68.4 Å². The summed E-state index contributed by atoms with van der Waals surface area (Å²) in [5, 5.41) is 18.2. The lowest BCUT2D eigenvalue weighted by molar-refractivity contribution is -0.136. The number of anilines is 1. The maximum atomic E-state index is 13.2. The van der Waals surface area contributed by atoms with E-state index in [-0.39, 0.29) is 35.4 Å². The summed E-state index contributed by atoms with van der Waals surface area (Å²) in [5.41, 5.74) is 10.7. The summed E-state index contributed by atoms with van der Waals surface area (Å²) in [5.74, 6) is -0.773. The van der Waals surface area contributed by atoms with Gasteiger partial charge in [0.05, 0.1) is 11.2 Å². The van der Waals surface area contributed by atoms with Crippen LogP contribution in [0.2, 0.25) is 0 Å². The third kappa shape index (κ3) is 8.09. The van der Waals surface area contributed by atoms with Crippen molar-refractivity contribution in [3.63, 3.8) is 0 Å². The highest BCUT2D eigenvalue weighted by atomic mass is 16.5. The first-order valence-corrected chi connectivity index (χ1v) is 21.3. The van der Waals surface area contributed by atoms with Crippen LogP contribution in [0.3, 0.4) is 0 Å². The Kier molecular flexibility index (Phi) is 10.7. The third-order valence-corrected chi connectivity index (χ3v) is 12.6. The smallest absolute Gasteiger partial charge is 0.315 e. The number of nitrogens with one attached hydrogen (secondary N) is 3. The normalized spacial score (nSPS) is 17.3. The van der Waals surface area contributed by atoms with E-state index >= 15 is 0 Å². The first-order valence-electron chi connectivity index (χ1n) is 21.3. The van der Waals surface area contributed by atoms with E-state index in [2.05, 4.69) is 97.3 Å². The fourth-order valence-corrected chi connectivity index (χ4v) is 8.90. The van der Waals surface area contributed by atoms with Gasteiger partial charge in [-0.3, -0.25) is 34.5 Å². The number of amides is 4. The van der Waals surface area contributed by atoms with Crippen molar-refractivity contribution in [1.29, 1.82) is 0 Å². The second-order valence-corrected chi connectivity index (χ2v) is 17.9. The molecule has 4 amide bonds. The van der Waals surface area contributed by atoms with Crippen LogP contribution in [0.15, 0.2) is 83.4 Å². The van der Waals surface area contributed by atoms with E-state index in [9.17, 15) is 19.2 Å². The molecule has 3 N–H and O–H groups in total. The largest absolute Gasteiger partial charge is 0.371 e. The molecule has 3 aliphatic rings. The summed E-state index contributed by atoms with van der Waals surface area (Å²) in [6.07, 6.45) is 2.69. The van der Waals surface area contributed by atoms with Crippen LogP contribution >= 0.6 is 0 Å². The number of hydrogen-bond donors (Lipinski definition) is 3. The quantitative estimate of drug-likeness (QED) is 0.127. The van der Waals surface area contributed by atoms with Gasteiger partial charge in [0, 0.05) is 72.8 Å². The molecule has 0 spiro atoms. The van der Waals surface area contributed by atoms with Gasteiger partial charge in [-0.25, -0.2) is 0 Å². The number of carbonyl (C=O) groups is 4. The van der Waals surface area contributed by atoms with Crippen molar-refractivity contribution in [2.45, 2.75) is 90.5 Å². The van der Waals surface area contributed by atoms with Gasteiger partial charge >= 0.3 is 11.8 Å². The number of rotatable bonds is 10. The molecule has 0 bridgehead atoms. The van der Waals surface area contributed by atoms with Crippen molar-refractivity contribution < 1.29 is 23.7 Å². The summed E-state index contributed by atoms with van der Waals surface area (Å²) in [4.78, 5) is 60.8. The lowest BCUT2D eigenvalue weighted by atomic mass is 9.96. The van der Waals surface area contributed by atoms with Gasteiger partial charge in [0.2, 0.25) is 11.8 Å². The van der Waals surface area contributed by atoms with Crippen molar-refractivity contribution in [1.82, 2.24) is 40.8 Å². The number of carbonyl (C=O) groups excluding carboxylic acids is 4. The number of aromatic amines is 1. The van der Waals surface area contributed by atoms with Crippen LogP contribution < -0.4 is 15.5 Å². The van der Waals surface area contributed by atoms with E-state index in [0.29, 0.717) is 36.9 Å². The Balaban J connectivity index is 0.797. The zero-order valence-corrected chi connectivity index (χ0v) is 35.7. The second-order valence-electron chi connectivity index (χ2n) is 17.9. The summed E-state index contributed by atoms with van der Waals surface area (Å²) in [6, 6.07) is 27.2. The van der Waals surface area contributed by atoms with Gasteiger partial charge in [-0.15, -0.1) is 0 Å². The number of hydrogen-bond acceptors (Lipinski definition) is 10. The molecule has 14 heteroatoms. The van der Waals surface area contributed by atoms with E-state index < -0.39 is 11.9 Å². The van der Waals surface area contributed by atoms with E-state index in [1.807, 2.05) is 52.0 Å². The monoisotopic (exact) mass is 833 g/mol. The average Bonchev–Trinajstić information content (AvgIpc) is 4.01. The first kappa shape index (κ1) is 40.7. The number of fused-ring (bicyclic) bond motifs is 2. The molecule has 5 heterocycles. The molecule has 2 saturated heterocycles. The molecule has 2 aromatic heterocycles. The minimum atomic E-state index is -0.607. The Bertz CT molecular complexity index is 2710. The Morgan fingerprint density at radius 2 is 1.68 bits per heavy atom. The summed E-state index contributed by atoms with van der Waals surface area (Å²) < 4.78 is 5.20. The molecule has 1 atom stereocenters. The van der Waals surface area contributed by atoms with Gasteiger partial charge in [0.25, 0.3) is 5.91 Å². The third-order valence-electron chi connectivity index (χ3n) is 12.6. The van der Waals surface area contributed by atoms with Crippen LogP contribution in [0.25, 0.3) is 33.3 Å². The van der Waals surface area contributed by atoms with Gasteiger partial charge in [0.15, 0.2) is 5.82 Å². The molecule has 4 aromatic carbocycles. The lowest BCUT2D eigenvalue weighted by Gasteiger charge is -2.38. The van der Waals surface area contributed by atoms with Crippen molar-refractivity contribution >= 4 is 40.2 Å². The van der Waals surface area contributed by atoms with Crippen molar-refractivity contribution in [2.24, 2.45) is 0 Å². The predicted molar refractivity (Wildman–Crippen MR) is 235 cm³/mol. The highest BCUT2D eigenvalue weighted by Gasteiger charge is 2.39. The zero-order chi connectivity index (χ0) is 43.3. The van der Waals surface area contributed by atoms with E-state index in [0.717, 1.165) is 88.0 Å². The predicted octanol–water partition coefficient (Wildman–Crippen LogP) is 6.68. The number of aromatic nitrogens is 4. The Hall–Kier alpha value is -6.67. The van der Waals surface area contributed by atoms with Gasteiger partial charge < -0.3 is 19.6 Å². The first-order chi connectivity index (χ1) is 29.8. The molecule has 9 rings (SSSR count). The number of nitrogens with zero attached hydrogens (tertiary/aromatic N) is 6. The molecule has 6 aromatic rings. The maximum Gasteiger partial charge on any atom is 0.315 e. The van der Waals surface area contributed by atoms with E-state index in [4.69, 9.17) is 9.62 Å². The fraction of sp³-hybridized carbons (Fsp3) is 0.354. The lowest BCUT2D eigenvalue weighted by Crippen LogP contribution is -2.52. The molecule has 14 nitrogen and oxygen atoms in total. The van der Waals surface area contributed by atoms with Gasteiger partial charge in [-0.05, 0) is 103 Å². The highest BCUT2D eigenvalue weighted by molar-refractivity contribution is 6.05. The van der Waals surface area contributed by atoms with E-state index in [1.165, 1.54) is 5.69 Å². The Labute approximate surface area is 360 Å². The van der Waals surface area contributed by atoms with Crippen LogP contribution in [-0.4, -0.2) is 86.0 Å².